The molecule has 0 radical (unpaired) electrons. The lowest BCUT2D eigenvalue weighted by atomic mass is 9.93. The first-order chi connectivity index (χ1) is 18.9. The summed E-state index contributed by atoms with van der Waals surface area (Å²) in [7, 11) is -2.22. The summed E-state index contributed by atoms with van der Waals surface area (Å²) in [6, 6.07) is 14.0. The maximum absolute atomic E-state index is 13.7. The molecule has 0 N–H and O–H groups in total. The number of methoxy groups -OCH3 is 1. The molecule has 0 spiro atoms. The Bertz CT molecular complexity index is 1210. The van der Waals surface area contributed by atoms with Gasteiger partial charge >= 0.3 is 0 Å². The molecule has 2 fully saturated rings. The van der Waals surface area contributed by atoms with Gasteiger partial charge in [-0.05, 0) is 99.5 Å². The molecule has 3 heterocycles. The van der Waals surface area contributed by atoms with Crippen molar-refractivity contribution in [3.05, 3.63) is 59.7 Å². The second kappa shape index (κ2) is 12.8. The number of amides is 1. The lowest BCUT2D eigenvalue weighted by Gasteiger charge is -2.36. The van der Waals surface area contributed by atoms with E-state index in [1.165, 1.54) is 43.2 Å². The van der Waals surface area contributed by atoms with Gasteiger partial charge in [-0.2, -0.15) is 4.31 Å². The van der Waals surface area contributed by atoms with Crippen molar-refractivity contribution in [3.63, 3.8) is 0 Å². The Balaban J connectivity index is 1.16. The van der Waals surface area contributed by atoms with Crippen LogP contribution in [-0.2, 0) is 32.5 Å². The smallest absolute Gasteiger partial charge is 0.248 e. The molecule has 0 aromatic heterocycles. The quantitative estimate of drug-likeness (QED) is 0.446. The number of nitrogens with zero attached hydrogens (tertiary/aromatic N) is 3. The molecule has 0 bridgehead atoms. The molecule has 5 rings (SSSR count). The summed E-state index contributed by atoms with van der Waals surface area (Å²) in [5.74, 6) is 1.29. The summed E-state index contributed by atoms with van der Waals surface area (Å²) < 4.78 is 40.0. The van der Waals surface area contributed by atoms with Gasteiger partial charge in [0.1, 0.15) is 12.4 Å². The largest absolute Gasteiger partial charge is 0.497 e. The van der Waals surface area contributed by atoms with Crippen molar-refractivity contribution in [1.29, 1.82) is 0 Å². The van der Waals surface area contributed by atoms with Crippen LogP contribution < -0.4 is 4.74 Å². The van der Waals surface area contributed by atoms with Crippen molar-refractivity contribution in [1.82, 2.24) is 14.1 Å². The number of sulfonamides is 1. The van der Waals surface area contributed by atoms with E-state index in [2.05, 4.69) is 4.90 Å². The molecule has 2 saturated heterocycles. The molecule has 3 aliphatic rings. The van der Waals surface area contributed by atoms with Gasteiger partial charge in [-0.15, -0.1) is 0 Å². The average Bonchev–Trinajstić information content (AvgIpc) is 3.50. The van der Waals surface area contributed by atoms with Crippen LogP contribution in [0.4, 0.5) is 0 Å². The molecule has 1 atom stereocenters. The van der Waals surface area contributed by atoms with Crippen LogP contribution in [0.3, 0.4) is 0 Å². The van der Waals surface area contributed by atoms with Gasteiger partial charge in [0.2, 0.25) is 15.9 Å². The van der Waals surface area contributed by atoms with E-state index in [0.29, 0.717) is 18.1 Å². The highest BCUT2D eigenvalue weighted by Gasteiger charge is 2.36. The van der Waals surface area contributed by atoms with E-state index in [1.807, 2.05) is 29.2 Å². The van der Waals surface area contributed by atoms with Crippen molar-refractivity contribution < 1.29 is 22.7 Å². The van der Waals surface area contributed by atoms with E-state index in [4.69, 9.17) is 9.47 Å². The second-order valence-electron chi connectivity index (χ2n) is 11.0. The second-order valence-corrected chi connectivity index (χ2v) is 12.9. The zero-order valence-electron chi connectivity index (χ0n) is 23.0. The fourth-order valence-corrected chi connectivity index (χ4v) is 7.67. The van der Waals surface area contributed by atoms with Crippen LogP contribution in [0.25, 0.3) is 0 Å². The molecule has 9 heteroatoms. The molecule has 1 amide bonds. The van der Waals surface area contributed by atoms with Crippen LogP contribution >= 0.6 is 0 Å². The fraction of sp³-hybridized carbons (Fsp3) is 0.567. The van der Waals surface area contributed by atoms with Gasteiger partial charge in [0.05, 0.1) is 24.7 Å². The van der Waals surface area contributed by atoms with E-state index in [0.717, 1.165) is 37.1 Å². The normalized spacial score (nSPS) is 21.2. The molecular formula is C30H41N3O5S. The summed E-state index contributed by atoms with van der Waals surface area (Å²) >= 11 is 0. The molecule has 0 unspecified atom stereocenters. The fourth-order valence-electron chi connectivity index (χ4n) is 6.09. The van der Waals surface area contributed by atoms with E-state index >= 15 is 0 Å². The zero-order valence-corrected chi connectivity index (χ0v) is 23.8. The third kappa shape index (κ3) is 6.82. The Morgan fingerprint density at radius 1 is 0.949 bits per heavy atom. The Labute approximate surface area is 232 Å². The van der Waals surface area contributed by atoms with E-state index in [1.54, 1.807) is 31.4 Å². The molecule has 212 valence electrons. The third-order valence-corrected chi connectivity index (χ3v) is 10.4. The Morgan fingerprint density at radius 3 is 2.33 bits per heavy atom. The van der Waals surface area contributed by atoms with Crippen molar-refractivity contribution >= 4 is 15.9 Å². The lowest BCUT2D eigenvalue weighted by molar-refractivity contribution is -0.138. The number of benzene rings is 2. The van der Waals surface area contributed by atoms with Gasteiger partial charge in [0.15, 0.2) is 0 Å². The van der Waals surface area contributed by atoms with Gasteiger partial charge in [-0.1, -0.05) is 24.3 Å². The molecular weight excluding hydrogens is 514 g/mol. The number of ether oxygens (including phenoxy) is 2. The molecule has 0 aliphatic carbocycles. The predicted octanol–water partition coefficient (Wildman–Crippen LogP) is 3.55. The summed E-state index contributed by atoms with van der Waals surface area (Å²) in [4.78, 5) is 17.6. The van der Waals surface area contributed by atoms with Crippen LogP contribution in [0.1, 0.15) is 43.2 Å². The van der Waals surface area contributed by atoms with Crippen molar-refractivity contribution in [2.45, 2.75) is 56.0 Å². The Kier molecular flexibility index (Phi) is 9.22. The van der Waals surface area contributed by atoms with Crippen molar-refractivity contribution in [2.75, 3.05) is 53.0 Å². The number of hydrogen-bond acceptors (Lipinski definition) is 6. The van der Waals surface area contributed by atoms with Crippen LogP contribution in [0.15, 0.2) is 53.4 Å². The van der Waals surface area contributed by atoms with Gasteiger partial charge in [-0.3, -0.25) is 4.79 Å². The molecule has 0 saturated carbocycles. The highest BCUT2D eigenvalue weighted by atomic mass is 32.2. The number of fused-ring (bicyclic) bond motifs is 1. The SMILES string of the molecule is COc1ccc(S(=O)(=O)N2Cc3ccccc3C[C@H]2COCC(=O)N2CCC(CCN3CCCC3)CC2)cc1. The lowest BCUT2D eigenvalue weighted by Crippen LogP contribution is -2.47. The molecule has 2 aromatic carbocycles. The number of carbonyl (C=O) groups excluding carboxylic acids is 1. The maximum atomic E-state index is 13.7. The number of likely N-dealkylation sites (tertiary alicyclic amines) is 2. The third-order valence-electron chi connectivity index (χ3n) is 8.53. The summed E-state index contributed by atoms with van der Waals surface area (Å²) in [5, 5.41) is 0. The summed E-state index contributed by atoms with van der Waals surface area (Å²) in [6.07, 6.45) is 6.51. The van der Waals surface area contributed by atoms with Gasteiger partial charge in [0, 0.05) is 19.6 Å². The number of piperidine rings is 1. The molecule has 8 nitrogen and oxygen atoms in total. The van der Waals surface area contributed by atoms with Gasteiger partial charge < -0.3 is 19.3 Å². The number of carbonyl (C=O) groups is 1. The van der Waals surface area contributed by atoms with Crippen LogP contribution in [-0.4, -0.2) is 87.5 Å². The predicted molar refractivity (Wildman–Crippen MR) is 150 cm³/mol. The topological polar surface area (TPSA) is 79.4 Å². The van der Waals surface area contributed by atoms with Crippen molar-refractivity contribution in [3.8, 4) is 5.75 Å². The molecule has 2 aromatic rings. The first-order valence-electron chi connectivity index (χ1n) is 14.2. The Morgan fingerprint density at radius 2 is 1.64 bits per heavy atom. The maximum Gasteiger partial charge on any atom is 0.248 e. The van der Waals surface area contributed by atoms with E-state index < -0.39 is 16.1 Å². The minimum absolute atomic E-state index is 0.00577. The van der Waals surface area contributed by atoms with Crippen LogP contribution in [0, 0.1) is 5.92 Å². The first-order valence-corrected chi connectivity index (χ1v) is 15.7. The zero-order chi connectivity index (χ0) is 27.2. The summed E-state index contributed by atoms with van der Waals surface area (Å²) in [5.41, 5.74) is 2.11. The molecule has 39 heavy (non-hydrogen) atoms. The van der Waals surface area contributed by atoms with Crippen LogP contribution in [0.2, 0.25) is 0 Å². The minimum atomic E-state index is -3.77. The number of hydrogen-bond donors (Lipinski definition) is 0. The average molecular weight is 556 g/mol. The van der Waals surface area contributed by atoms with E-state index in [9.17, 15) is 13.2 Å². The number of rotatable bonds is 10. The highest BCUT2D eigenvalue weighted by molar-refractivity contribution is 7.89. The first kappa shape index (κ1) is 28.1. The standard InChI is InChI=1S/C30H41N3O5S/c1-37-28-8-10-29(11-9-28)39(35,36)33-21-26-7-3-2-6-25(26)20-27(33)22-38-23-30(34)32-18-13-24(14-19-32)12-17-31-15-4-5-16-31/h2-3,6-11,24,27H,4-5,12-23H2,1H3/t27-/m0/s1. The van der Waals surface area contributed by atoms with Crippen molar-refractivity contribution in [2.24, 2.45) is 5.92 Å². The van der Waals surface area contributed by atoms with E-state index in [-0.39, 0.29) is 30.6 Å². The van der Waals surface area contributed by atoms with Gasteiger partial charge in [-0.25, -0.2) is 8.42 Å². The minimum Gasteiger partial charge on any atom is -0.497 e. The van der Waals surface area contributed by atoms with Gasteiger partial charge in [0.25, 0.3) is 0 Å². The highest BCUT2D eigenvalue weighted by Crippen LogP contribution is 2.30. The molecule has 3 aliphatic heterocycles. The Hall–Kier alpha value is -2.46. The van der Waals surface area contributed by atoms with Crippen LogP contribution in [0.5, 0.6) is 5.75 Å². The monoisotopic (exact) mass is 555 g/mol. The summed E-state index contributed by atoms with van der Waals surface area (Å²) in [6.45, 7) is 5.64.